The summed E-state index contributed by atoms with van der Waals surface area (Å²) in [6.45, 7) is 0.302. The van der Waals surface area contributed by atoms with Gasteiger partial charge < -0.3 is 24.8 Å². The molecule has 1 aliphatic heterocycles. The van der Waals surface area contributed by atoms with Crippen molar-refractivity contribution in [3.8, 4) is 0 Å². The van der Waals surface area contributed by atoms with Gasteiger partial charge in [0.15, 0.2) is 0 Å². The Morgan fingerprint density at radius 1 is 1.04 bits per heavy atom. The summed E-state index contributed by atoms with van der Waals surface area (Å²) in [4.78, 5) is 12.1. The molecule has 0 radical (unpaired) electrons. The van der Waals surface area contributed by atoms with Crippen LogP contribution < -0.4 is 24.8 Å². The third kappa shape index (κ3) is 3.23. The molecule has 4 rings (SSSR count). The summed E-state index contributed by atoms with van der Waals surface area (Å²) in [5, 5.41) is 11.6. The Morgan fingerprint density at radius 2 is 1.78 bits per heavy atom. The number of allylic oxidation sites excluding steroid dienone is 5. The number of halogens is 2. The first-order valence-corrected chi connectivity index (χ1v) is 10.8. The number of benzene rings is 1. The Kier molecular flexibility index (Phi) is 6.29. The van der Waals surface area contributed by atoms with Gasteiger partial charge in [0.05, 0.1) is 0 Å². The molecule has 0 amide bonds. The summed E-state index contributed by atoms with van der Waals surface area (Å²) >= 11 is -0.186. The van der Waals surface area contributed by atoms with Crippen molar-refractivity contribution in [1.29, 1.82) is 0 Å². The van der Waals surface area contributed by atoms with Crippen LogP contribution in [0.15, 0.2) is 46.3 Å². The van der Waals surface area contributed by atoms with Crippen molar-refractivity contribution in [2.24, 2.45) is 0 Å². The minimum absolute atomic E-state index is 0. The third-order valence-corrected chi connectivity index (χ3v) is 8.43. The van der Waals surface area contributed by atoms with E-state index in [4.69, 9.17) is 5.11 Å². The molecule has 1 heterocycles. The first-order valence-electron chi connectivity index (χ1n) is 7.49. The molecule has 23 heavy (non-hydrogen) atoms. The van der Waals surface area contributed by atoms with Gasteiger partial charge >= 0.3 is 135 Å². The van der Waals surface area contributed by atoms with E-state index < -0.39 is 0 Å². The van der Waals surface area contributed by atoms with E-state index in [0.29, 0.717) is 6.61 Å². The molecular formula is C17H16Cl2O2SiTi. The van der Waals surface area contributed by atoms with E-state index in [1.807, 2.05) is 6.08 Å². The molecule has 0 saturated heterocycles. The van der Waals surface area contributed by atoms with Crippen LogP contribution in [0, 0.1) is 0 Å². The maximum atomic E-state index is 12.1. The van der Waals surface area contributed by atoms with Gasteiger partial charge in [0.1, 0.15) is 0 Å². The smallest absolute Gasteiger partial charge is 1.00 e. The van der Waals surface area contributed by atoms with E-state index in [1.165, 1.54) is 37.4 Å². The van der Waals surface area contributed by atoms with Crippen molar-refractivity contribution in [2.45, 2.75) is 17.6 Å². The molecular weight excluding hydrogens is 383 g/mol. The fourth-order valence-corrected chi connectivity index (χ4v) is 7.39. The zero-order valence-electron chi connectivity index (χ0n) is 12.5. The maximum absolute atomic E-state index is 12.1. The van der Waals surface area contributed by atoms with Crippen molar-refractivity contribution < 1.29 is 53.9 Å². The van der Waals surface area contributed by atoms with Gasteiger partial charge in [-0.15, -0.1) is 0 Å². The first-order chi connectivity index (χ1) is 10.3. The molecule has 0 unspecified atom stereocenters. The summed E-state index contributed by atoms with van der Waals surface area (Å²) in [7, 11) is -0.366. The van der Waals surface area contributed by atoms with Crippen LogP contribution in [-0.2, 0) is 23.9 Å². The van der Waals surface area contributed by atoms with Gasteiger partial charge in [0.25, 0.3) is 0 Å². The third-order valence-electron chi connectivity index (χ3n) is 4.36. The number of rotatable bonds is 5. The van der Waals surface area contributed by atoms with Crippen molar-refractivity contribution in [3.05, 3.63) is 57.4 Å². The van der Waals surface area contributed by atoms with E-state index >= 15 is 0 Å². The Labute approximate surface area is 159 Å². The Hall–Kier alpha value is -0.419. The van der Waals surface area contributed by atoms with Crippen LogP contribution in [-0.4, -0.2) is 27.0 Å². The normalized spacial score (nSPS) is 17.6. The van der Waals surface area contributed by atoms with E-state index in [0.717, 1.165) is 12.8 Å². The van der Waals surface area contributed by atoms with Gasteiger partial charge in [0.2, 0.25) is 0 Å². The number of carbonyl (C=O) groups is 1. The number of ketones is 1. The van der Waals surface area contributed by atoms with Crippen molar-refractivity contribution in [3.63, 3.8) is 0 Å². The second-order valence-electron chi connectivity index (χ2n) is 5.71. The Morgan fingerprint density at radius 3 is 2.52 bits per heavy atom. The summed E-state index contributed by atoms with van der Waals surface area (Å²) in [6, 6.07) is 8.57. The number of hydrogen-bond donors (Lipinski definition) is 1. The van der Waals surface area contributed by atoms with Gasteiger partial charge in [0, 0.05) is 0 Å². The van der Waals surface area contributed by atoms with Crippen molar-refractivity contribution >= 4 is 24.8 Å². The van der Waals surface area contributed by atoms with Gasteiger partial charge in [-0.2, -0.15) is 0 Å². The molecule has 0 atom stereocenters. The molecule has 0 aromatic heterocycles. The van der Waals surface area contributed by atoms with E-state index in [1.54, 1.807) is 3.88 Å². The van der Waals surface area contributed by atoms with Crippen LogP contribution in [0.25, 0.3) is 9.45 Å². The van der Waals surface area contributed by atoms with Gasteiger partial charge in [-0.05, 0) is 0 Å². The molecule has 2 aliphatic carbocycles. The van der Waals surface area contributed by atoms with Crippen LogP contribution in [0.3, 0.4) is 0 Å². The second-order valence-corrected chi connectivity index (χ2v) is 9.59. The number of aliphatic hydroxyl groups excluding tert-OH is 1. The van der Waals surface area contributed by atoms with Gasteiger partial charge in [-0.1, -0.05) is 0 Å². The van der Waals surface area contributed by atoms with Gasteiger partial charge in [-0.3, -0.25) is 0 Å². The topological polar surface area (TPSA) is 37.3 Å². The molecule has 1 aromatic rings. The number of aliphatic hydroxyl groups is 1. The maximum Gasteiger partial charge on any atom is -1.00 e. The summed E-state index contributed by atoms with van der Waals surface area (Å²) in [6.07, 6.45) is 3.92. The zero-order valence-corrected chi connectivity index (χ0v) is 17.0. The van der Waals surface area contributed by atoms with E-state index in [9.17, 15) is 4.79 Å². The van der Waals surface area contributed by atoms with Gasteiger partial charge in [-0.25, -0.2) is 0 Å². The first kappa shape index (κ1) is 18.9. The molecule has 0 spiro atoms. The van der Waals surface area contributed by atoms with Crippen LogP contribution in [0.2, 0.25) is 4.73 Å². The van der Waals surface area contributed by atoms with Crippen LogP contribution in [0.4, 0.5) is 0 Å². The van der Waals surface area contributed by atoms with Crippen LogP contribution in [0.1, 0.15) is 24.0 Å². The Bertz CT molecular complexity index is 753. The molecule has 1 aromatic carbocycles. The summed E-state index contributed by atoms with van der Waals surface area (Å²) < 4.78 is 2.80. The molecule has 6 heteroatoms. The minimum atomic E-state index is -0.366. The average Bonchev–Trinajstić information content (AvgIpc) is 3.24. The monoisotopic (exact) mass is 398 g/mol. The minimum Gasteiger partial charge on any atom is -1.00 e. The average molecular weight is 399 g/mol. The summed E-state index contributed by atoms with van der Waals surface area (Å²) in [5.74, 6) is 0.284. The number of hydrogen-bond acceptors (Lipinski definition) is 2. The summed E-state index contributed by atoms with van der Waals surface area (Å²) in [5.41, 5.74) is 5.32. The quantitative estimate of drug-likeness (QED) is 0.406. The fraction of sp³-hybridized carbons (Fsp3) is 0.235. The molecule has 0 fully saturated rings. The van der Waals surface area contributed by atoms with Crippen LogP contribution in [0.5, 0.6) is 0 Å². The van der Waals surface area contributed by atoms with Crippen LogP contribution >= 0.6 is 0 Å². The molecule has 3 aliphatic rings. The number of fused-ring (bicyclic) bond motifs is 4. The predicted molar refractivity (Wildman–Crippen MR) is 83.0 cm³/mol. The molecule has 2 nitrogen and oxygen atoms in total. The van der Waals surface area contributed by atoms with Crippen molar-refractivity contribution in [2.75, 3.05) is 6.61 Å². The fourth-order valence-electron chi connectivity index (χ4n) is 3.26. The van der Waals surface area contributed by atoms with E-state index in [-0.39, 0.29) is 59.3 Å². The molecule has 0 bridgehead atoms. The molecule has 118 valence electrons. The largest absolute Gasteiger partial charge is 1.00 e. The number of unbranched alkanes of at least 4 members (excludes halogenated alkanes) is 1. The zero-order chi connectivity index (χ0) is 14.4. The number of carbonyl (C=O) groups excluding carboxylic acids is 1. The van der Waals surface area contributed by atoms with Crippen molar-refractivity contribution in [1.82, 2.24) is 0 Å². The standard InChI is InChI=1S/C13H7OSi.C4H9O.2ClH.Ti/c14-11-6-9-8-4-2-1-3-7(8)5-10(9)12-13(11)15-12;1-2-3-4-5;;;/h1-4,6H,15H2;5H,1-4H2;2*1H;/q;;;;+2/p-2. The molecule has 1 N–H and O–H groups in total. The van der Waals surface area contributed by atoms with E-state index in [2.05, 4.69) is 24.3 Å². The second kappa shape index (κ2) is 7.64. The predicted octanol–water partition coefficient (Wildman–Crippen LogP) is -3.95. The Balaban J connectivity index is 0.000000960. The molecule has 0 saturated carbocycles. The SMILES string of the molecule is O=C1C=C2C(=[C]([Ti+2][CH2]CCCO)c3ccccc32)C2=C1[SiH2]2.[Cl-].[Cl-].